The molecule has 1 unspecified atom stereocenters. The van der Waals surface area contributed by atoms with Crippen LogP contribution in [0.1, 0.15) is 26.2 Å². The van der Waals surface area contributed by atoms with Crippen molar-refractivity contribution in [3.63, 3.8) is 0 Å². The monoisotopic (exact) mass is 129 g/mol. The van der Waals surface area contributed by atoms with E-state index < -0.39 is 0 Å². The number of hydroxylamine groups is 2. The second kappa shape index (κ2) is 2.35. The van der Waals surface area contributed by atoms with Crippen LogP contribution in [-0.2, 0) is 4.79 Å². The summed E-state index contributed by atoms with van der Waals surface area (Å²) in [5, 5.41) is 9.77. The standard InChI is InChI=1S/C6H11NO2/c1-5-3-2-4-6(8)7(5)9/h5,9H,2-4H2,1H3. The minimum Gasteiger partial charge on any atom is -0.286 e. The fraction of sp³-hybridized carbons (Fsp3) is 0.833. The lowest BCUT2D eigenvalue weighted by Crippen LogP contribution is -2.38. The molecule has 1 heterocycles. The number of carbonyl (C=O) groups is 1. The van der Waals surface area contributed by atoms with Crippen LogP contribution in [0.2, 0.25) is 0 Å². The highest BCUT2D eigenvalue weighted by Gasteiger charge is 2.22. The van der Waals surface area contributed by atoms with E-state index in [1.165, 1.54) is 0 Å². The normalized spacial score (nSPS) is 28.9. The molecular weight excluding hydrogens is 118 g/mol. The average Bonchev–Trinajstić information content (AvgIpc) is 1.83. The van der Waals surface area contributed by atoms with Crippen molar-refractivity contribution < 1.29 is 10.0 Å². The number of hydrogen-bond acceptors (Lipinski definition) is 2. The van der Waals surface area contributed by atoms with E-state index in [0.29, 0.717) is 6.42 Å². The molecule has 0 aromatic rings. The SMILES string of the molecule is CC1CCCC(=O)N1O. The van der Waals surface area contributed by atoms with Gasteiger partial charge in [0.25, 0.3) is 0 Å². The molecule has 3 nitrogen and oxygen atoms in total. The first kappa shape index (κ1) is 6.55. The van der Waals surface area contributed by atoms with Crippen molar-refractivity contribution >= 4 is 5.91 Å². The highest BCUT2D eigenvalue weighted by molar-refractivity contribution is 5.75. The molecule has 0 aliphatic carbocycles. The van der Waals surface area contributed by atoms with Crippen LogP contribution in [0.3, 0.4) is 0 Å². The van der Waals surface area contributed by atoms with Crippen LogP contribution in [0.25, 0.3) is 0 Å². The quantitative estimate of drug-likeness (QED) is 0.491. The van der Waals surface area contributed by atoms with E-state index in [4.69, 9.17) is 5.21 Å². The Bertz CT molecular complexity index is 124. The first-order chi connectivity index (χ1) is 4.22. The number of rotatable bonds is 0. The zero-order valence-electron chi connectivity index (χ0n) is 5.50. The summed E-state index contributed by atoms with van der Waals surface area (Å²) in [5.74, 6) is -0.145. The first-order valence-corrected chi connectivity index (χ1v) is 3.23. The van der Waals surface area contributed by atoms with Crippen LogP contribution < -0.4 is 0 Å². The predicted octanol–water partition coefficient (Wildman–Crippen LogP) is 0.777. The Morgan fingerprint density at radius 1 is 1.78 bits per heavy atom. The lowest BCUT2D eigenvalue weighted by molar-refractivity contribution is -0.180. The van der Waals surface area contributed by atoms with E-state index >= 15 is 0 Å². The Morgan fingerprint density at radius 2 is 2.44 bits per heavy atom. The summed E-state index contributed by atoms with van der Waals surface area (Å²) in [7, 11) is 0. The van der Waals surface area contributed by atoms with Crippen LogP contribution in [0, 0.1) is 0 Å². The summed E-state index contributed by atoms with van der Waals surface area (Å²) < 4.78 is 0. The van der Waals surface area contributed by atoms with E-state index in [1.54, 1.807) is 0 Å². The molecule has 0 aromatic carbocycles. The van der Waals surface area contributed by atoms with E-state index in [1.807, 2.05) is 6.92 Å². The molecule has 0 bridgehead atoms. The molecular formula is C6H11NO2. The number of hydrogen-bond donors (Lipinski definition) is 1. The second-order valence-electron chi connectivity index (χ2n) is 2.48. The molecule has 1 atom stereocenters. The maximum Gasteiger partial charge on any atom is 0.246 e. The van der Waals surface area contributed by atoms with Gasteiger partial charge in [0, 0.05) is 6.42 Å². The Kier molecular flexibility index (Phi) is 1.71. The third-order valence-electron chi connectivity index (χ3n) is 1.69. The Morgan fingerprint density at radius 3 is 2.89 bits per heavy atom. The van der Waals surface area contributed by atoms with Gasteiger partial charge >= 0.3 is 0 Å². The summed E-state index contributed by atoms with van der Waals surface area (Å²) in [5.41, 5.74) is 0. The van der Waals surface area contributed by atoms with Crippen LogP contribution in [0.5, 0.6) is 0 Å². The highest BCUT2D eigenvalue weighted by Crippen LogP contribution is 2.14. The fourth-order valence-electron chi connectivity index (χ4n) is 1.03. The summed E-state index contributed by atoms with van der Waals surface area (Å²) in [4.78, 5) is 10.7. The molecule has 1 N–H and O–H groups in total. The highest BCUT2D eigenvalue weighted by atomic mass is 16.5. The van der Waals surface area contributed by atoms with Gasteiger partial charge in [-0.2, -0.15) is 0 Å². The van der Waals surface area contributed by atoms with Crippen molar-refractivity contribution in [1.82, 2.24) is 5.06 Å². The number of carbonyl (C=O) groups excluding carboxylic acids is 1. The van der Waals surface area contributed by atoms with Crippen molar-refractivity contribution in [2.24, 2.45) is 0 Å². The largest absolute Gasteiger partial charge is 0.286 e. The van der Waals surface area contributed by atoms with Crippen molar-refractivity contribution in [2.45, 2.75) is 32.2 Å². The van der Waals surface area contributed by atoms with Crippen molar-refractivity contribution in [1.29, 1.82) is 0 Å². The van der Waals surface area contributed by atoms with Gasteiger partial charge in [-0.25, -0.2) is 5.06 Å². The summed E-state index contributed by atoms with van der Waals surface area (Å²) >= 11 is 0. The second-order valence-corrected chi connectivity index (χ2v) is 2.48. The maximum absolute atomic E-state index is 10.7. The number of piperidine rings is 1. The molecule has 9 heavy (non-hydrogen) atoms. The van der Waals surface area contributed by atoms with Gasteiger partial charge in [-0.15, -0.1) is 0 Å². The van der Waals surface area contributed by atoms with E-state index in [2.05, 4.69) is 0 Å². The molecule has 0 spiro atoms. The third-order valence-corrected chi connectivity index (χ3v) is 1.69. The molecule has 0 aromatic heterocycles. The van der Waals surface area contributed by atoms with Crippen molar-refractivity contribution in [2.75, 3.05) is 0 Å². The molecule has 1 aliphatic heterocycles. The summed E-state index contributed by atoms with van der Waals surface area (Å²) in [6, 6.07) is 0.0197. The van der Waals surface area contributed by atoms with Crippen molar-refractivity contribution in [3.05, 3.63) is 0 Å². The topological polar surface area (TPSA) is 40.5 Å². The molecule has 1 fully saturated rings. The predicted molar refractivity (Wildman–Crippen MR) is 31.9 cm³/mol. The van der Waals surface area contributed by atoms with Crippen LogP contribution in [0.15, 0.2) is 0 Å². The molecule has 0 saturated carbocycles. The summed E-state index contributed by atoms with van der Waals surface area (Å²) in [6.07, 6.45) is 2.33. The minimum atomic E-state index is -0.145. The van der Waals surface area contributed by atoms with Crippen LogP contribution in [-0.4, -0.2) is 22.2 Å². The number of nitrogens with zero attached hydrogens (tertiary/aromatic N) is 1. The van der Waals surface area contributed by atoms with Gasteiger partial charge < -0.3 is 0 Å². The van der Waals surface area contributed by atoms with E-state index in [0.717, 1.165) is 17.9 Å². The molecule has 52 valence electrons. The Hall–Kier alpha value is -0.570. The van der Waals surface area contributed by atoms with Gasteiger partial charge in [0.1, 0.15) is 0 Å². The summed E-state index contributed by atoms with van der Waals surface area (Å²) in [6.45, 7) is 1.84. The van der Waals surface area contributed by atoms with E-state index in [-0.39, 0.29) is 11.9 Å². The fourth-order valence-corrected chi connectivity index (χ4v) is 1.03. The zero-order valence-corrected chi connectivity index (χ0v) is 5.50. The smallest absolute Gasteiger partial charge is 0.246 e. The van der Waals surface area contributed by atoms with Gasteiger partial charge in [0.2, 0.25) is 5.91 Å². The molecule has 1 aliphatic rings. The molecule has 3 heteroatoms. The van der Waals surface area contributed by atoms with Gasteiger partial charge in [-0.3, -0.25) is 10.0 Å². The minimum absolute atomic E-state index is 0.0197. The van der Waals surface area contributed by atoms with Crippen LogP contribution >= 0.6 is 0 Å². The van der Waals surface area contributed by atoms with Gasteiger partial charge in [-0.1, -0.05) is 0 Å². The maximum atomic E-state index is 10.7. The first-order valence-electron chi connectivity index (χ1n) is 3.23. The van der Waals surface area contributed by atoms with E-state index in [9.17, 15) is 4.79 Å². The zero-order chi connectivity index (χ0) is 6.85. The average molecular weight is 129 g/mol. The third kappa shape index (κ3) is 1.21. The lowest BCUT2D eigenvalue weighted by Gasteiger charge is -2.26. The van der Waals surface area contributed by atoms with Crippen molar-refractivity contribution in [3.8, 4) is 0 Å². The molecule has 1 rings (SSSR count). The van der Waals surface area contributed by atoms with Gasteiger partial charge in [0.05, 0.1) is 6.04 Å². The molecule has 1 saturated heterocycles. The van der Waals surface area contributed by atoms with Gasteiger partial charge in [-0.05, 0) is 19.8 Å². The number of amides is 1. The Labute approximate surface area is 54.2 Å². The molecule has 0 radical (unpaired) electrons. The lowest BCUT2D eigenvalue weighted by atomic mass is 10.1. The van der Waals surface area contributed by atoms with Gasteiger partial charge in [0.15, 0.2) is 0 Å². The van der Waals surface area contributed by atoms with Crippen LogP contribution in [0.4, 0.5) is 0 Å². The molecule has 1 amide bonds. The Balaban J connectivity index is 2.51.